The van der Waals surface area contributed by atoms with Crippen LogP contribution in [0.25, 0.3) is 16.0 Å². The molecule has 0 atom stereocenters. The summed E-state index contributed by atoms with van der Waals surface area (Å²) in [5.41, 5.74) is 1.47. The zero-order valence-electron chi connectivity index (χ0n) is 14.1. The second kappa shape index (κ2) is 6.48. The predicted molar refractivity (Wildman–Crippen MR) is 97.3 cm³/mol. The SMILES string of the molecule is c1cn(-c2nc(CN3CCOCC3)nc3sc4c(c23)CCCC4)cn1. The van der Waals surface area contributed by atoms with Gasteiger partial charge in [-0.1, -0.05) is 0 Å². The molecular weight excluding hydrogens is 334 g/mol. The summed E-state index contributed by atoms with van der Waals surface area (Å²) in [4.78, 5) is 19.1. The van der Waals surface area contributed by atoms with E-state index in [4.69, 9.17) is 14.7 Å². The molecule has 1 saturated heterocycles. The van der Waals surface area contributed by atoms with Crippen molar-refractivity contribution in [3.05, 3.63) is 35.0 Å². The van der Waals surface area contributed by atoms with E-state index in [0.717, 1.165) is 55.7 Å². The largest absolute Gasteiger partial charge is 0.379 e. The highest BCUT2D eigenvalue weighted by atomic mass is 32.1. The smallest absolute Gasteiger partial charge is 0.150 e. The van der Waals surface area contributed by atoms with Gasteiger partial charge in [0.2, 0.25) is 0 Å². The van der Waals surface area contributed by atoms with Gasteiger partial charge in [0.25, 0.3) is 0 Å². The van der Waals surface area contributed by atoms with Gasteiger partial charge in [-0.25, -0.2) is 15.0 Å². The third-order valence-corrected chi connectivity index (χ3v) is 6.25. The summed E-state index contributed by atoms with van der Waals surface area (Å²) >= 11 is 1.86. The summed E-state index contributed by atoms with van der Waals surface area (Å²) < 4.78 is 7.49. The van der Waals surface area contributed by atoms with Gasteiger partial charge in [-0.05, 0) is 31.2 Å². The summed E-state index contributed by atoms with van der Waals surface area (Å²) in [6.45, 7) is 4.27. The third-order valence-electron chi connectivity index (χ3n) is 5.06. The number of fused-ring (bicyclic) bond motifs is 3. The number of rotatable bonds is 3. The Morgan fingerprint density at radius 1 is 1.12 bits per heavy atom. The monoisotopic (exact) mass is 355 g/mol. The molecule has 3 aromatic heterocycles. The van der Waals surface area contributed by atoms with E-state index in [1.807, 2.05) is 34.6 Å². The number of thiophene rings is 1. The van der Waals surface area contributed by atoms with Crippen LogP contribution in [0.5, 0.6) is 0 Å². The lowest BCUT2D eigenvalue weighted by Gasteiger charge is -2.25. The van der Waals surface area contributed by atoms with Gasteiger partial charge in [0.15, 0.2) is 5.82 Å². The number of hydrogen-bond acceptors (Lipinski definition) is 6. The minimum absolute atomic E-state index is 0.781. The van der Waals surface area contributed by atoms with Crippen molar-refractivity contribution in [2.45, 2.75) is 32.2 Å². The van der Waals surface area contributed by atoms with E-state index < -0.39 is 0 Å². The molecule has 0 bridgehead atoms. The molecular formula is C18H21N5OS. The van der Waals surface area contributed by atoms with E-state index in [1.165, 1.54) is 35.1 Å². The zero-order valence-corrected chi connectivity index (χ0v) is 15.0. The van der Waals surface area contributed by atoms with Gasteiger partial charge < -0.3 is 4.74 Å². The summed E-state index contributed by atoms with van der Waals surface area (Å²) in [7, 11) is 0. The molecule has 5 rings (SSSR count). The van der Waals surface area contributed by atoms with Crippen molar-refractivity contribution in [1.82, 2.24) is 24.4 Å². The van der Waals surface area contributed by atoms with E-state index in [9.17, 15) is 0 Å². The lowest BCUT2D eigenvalue weighted by atomic mass is 9.97. The molecule has 7 heteroatoms. The number of imidazole rings is 1. The number of hydrogen-bond donors (Lipinski definition) is 0. The minimum Gasteiger partial charge on any atom is -0.379 e. The van der Waals surface area contributed by atoms with E-state index in [-0.39, 0.29) is 0 Å². The van der Waals surface area contributed by atoms with Crippen LogP contribution in [0.3, 0.4) is 0 Å². The van der Waals surface area contributed by atoms with E-state index in [0.29, 0.717) is 0 Å². The Morgan fingerprint density at radius 3 is 2.84 bits per heavy atom. The molecule has 0 saturated carbocycles. The molecule has 2 aliphatic rings. The van der Waals surface area contributed by atoms with E-state index >= 15 is 0 Å². The molecule has 6 nitrogen and oxygen atoms in total. The molecule has 3 aromatic rings. The first-order chi connectivity index (χ1) is 12.4. The van der Waals surface area contributed by atoms with Crippen molar-refractivity contribution in [3.63, 3.8) is 0 Å². The molecule has 0 aromatic carbocycles. The maximum atomic E-state index is 5.45. The van der Waals surface area contributed by atoms with Gasteiger partial charge in [0, 0.05) is 30.4 Å². The average molecular weight is 355 g/mol. The van der Waals surface area contributed by atoms with Crippen molar-refractivity contribution in [1.29, 1.82) is 0 Å². The van der Waals surface area contributed by atoms with Crippen LogP contribution in [0.2, 0.25) is 0 Å². The zero-order chi connectivity index (χ0) is 16.6. The van der Waals surface area contributed by atoms with Crippen molar-refractivity contribution in [2.24, 2.45) is 0 Å². The highest BCUT2D eigenvalue weighted by Gasteiger charge is 2.22. The normalized spacial score (nSPS) is 18.6. The van der Waals surface area contributed by atoms with Crippen LogP contribution in [0.1, 0.15) is 29.1 Å². The van der Waals surface area contributed by atoms with Crippen LogP contribution in [0.15, 0.2) is 18.7 Å². The van der Waals surface area contributed by atoms with Gasteiger partial charge in [-0.3, -0.25) is 9.47 Å². The molecule has 0 N–H and O–H groups in total. The minimum atomic E-state index is 0.781. The summed E-state index contributed by atoms with van der Waals surface area (Å²) in [5.74, 6) is 1.89. The van der Waals surface area contributed by atoms with Crippen LogP contribution >= 0.6 is 11.3 Å². The Morgan fingerprint density at radius 2 is 2.00 bits per heavy atom. The predicted octanol–water partition coefficient (Wildman–Crippen LogP) is 2.59. The van der Waals surface area contributed by atoms with Gasteiger partial charge in [-0.15, -0.1) is 11.3 Å². The Balaban J connectivity index is 1.62. The summed E-state index contributed by atoms with van der Waals surface area (Å²) in [6, 6.07) is 0. The molecule has 1 aliphatic carbocycles. The second-order valence-electron chi connectivity index (χ2n) is 6.71. The van der Waals surface area contributed by atoms with Crippen LogP contribution in [-0.4, -0.2) is 50.7 Å². The van der Waals surface area contributed by atoms with Crippen LogP contribution in [0.4, 0.5) is 0 Å². The van der Waals surface area contributed by atoms with Crippen molar-refractivity contribution >= 4 is 21.6 Å². The number of aromatic nitrogens is 4. The van der Waals surface area contributed by atoms with Crippen molar-refractivity contribution in [3.8, 4) is 5.82 Å². The Hall–Kier alpha value is -1.83. The second-order valence-corrected chi connectivity index (χ2v) is 7.80. The van der Waals surface area contributed by atoms with Gasteiger partial charge in [-0.2, -0.15) is 0 Å². The Kier molecular flexibility index (Phi) is 4.00. The standard InChI is InChI=1S/C18H21N5OS/c1-2-4-14-13(3-1)16-17(23-6-5-19-12-23)20-15(21-18(16)25-14)11-22-7-9-24-10-8-22/h5-6,12H,1-4,7-11H2. The number of ether oxygens (including phenoxy) is 1. The lowest BCUT2D eigenvalue weighted by Crippen LogP contribution is -2.36. The van der Waals surface area contributed by atoms with Gasteiger partial charge >= 0.3 is 0 Å². The fourth-order valence-electron chi connectivity index (χ4n) is 3.78. The molecule has 130 valence electrons. The quantitative estimate of drug-likeness (QED) is 0.723. The van der Waals surface area contributed by atoms with Crippen molar-refractivity contribution < 1.29 is 4.74 Å². The first-order valence-electron chi connectivity index (χ1n) is 8.98. The molecule has 1 fully saturated rings. The van der Waals surface area contributed by atoms with Gasteiger partial charge in [0.1, 0.15) is 17.0 Å². The van der Waals surface area contributed by atoms with E-state index in [1.54, 1.807) is 0 Å². The molecule has 0 radical (unpaired) electrons. The molecule has 1 aliphatic heterocycles. The van der Waals surface area contributed by atoms with E-state index in [2.05, 4.69) is 9.88 Å². The molecule has 25 heavy (non-hydrogen) atoms. The number of nitrogens with zero attached hydrogens (tertiary/aromatic N) is 5. The topological polar surface area (TPSA) is 56.1 Å². The maximum Gasteiger partial charge on any atom is 0.150 e. The maximum absolute atomic E-state index is 5.45. The average Bonchev–Trinajstić information content (AvgIpc) is 3.29. The molecule has 0 spiro atoms. The number of aryl methyl sites for hydroxylation is 2. The highest BCUT2D eigenvalue weighted by molar-refractivity contribution is 7.18. The fourth-order valence-corrected chi connectivity index (χ4v) is 5.06. The Labute approximate surface area is 150 Å². The van der Waals surface area contributed by atoms with Crippen LogP contribution in [0, 0.1) is 0 Å². The first kappa shape index (κ1) is 15.4. The Bertz CT molecular complexity index is 883. The van der Waals surface area contributed by atoms with Crippen LogP contribution < -0.4 is 0 Å². The fraction of sp³-hybridized carbons (Fsp3) is 0.500. The summed E-state index contributed by atoms with van der Waals surface area (Å²) in [5, 5.41) is 1.24. The lowest BCUT2D eigenvalue weighted by molar-refractivity contribution is 0.0331. The number of morpholine rings is 1. The molecule has 0 unspecified atom stereocenters. The first-order valence-corrected chi connectivity index (χ1v) is 9.80. The molecule has 4 heterocycles. The highest BCUT2D eigenvalue weighted by Crippen LogP contribution is 2.38. The van der Waals surface area contributed by atoms with Crippen molar-refractivity contribution in [2.75, 3.05) is 26.3 Å². The van der Waals surface area contributed by atoms with Crippen LogP contribution in [-0.2, 0) is 24.1 Å². The third kappa shape index (κ3) is 2.86. The molecule has 0 amide bonds. The summed E-state index contributed by atoms with van der Waals surface area (Å²) in [6.07, 6.45) is 10.5. The van der Waals surface area contributed by atoms with Gasteiger partial charge in [0.05, 0.1) is 25.1 Å².